The molecule has 0 saturated heterocycles. The van der Waals surface area contributed by atoms with E-state index in [4.69, 9.17) is 0 Å². The van der Waals surface area contributed by atoms with Gasteiger partial charge in [-0.25, -0.2) is 0 Å². The van der Waals surface area contributed by atoms with Crippen molar-refractivity contribution in [2.45, 2.75) is 219 Å². The molecule has 0 aromatic carbocycles. The molecule has 0 saturated carbocycles. The molecule has 0 spiro atoms. The average molecular weight is 620 g/mol. The number of nitrogens with one attached hydrogen (secondary N) is 1. The van der Waals surface area contributed by atoms with Crippen molar-refractivity contribution < 1.29 is 15.0 Å². The van der Waals surface area contributed by atoms with Crippen LogP contribution in [0.2, 0.25) is 0 Å². The Labute approximate surface area is 275 Å². The molecule has 0 aromatic heterocycles. The molecule has 0 radical (unpaired) electrons. The minimum atomic E-state index is -0.856. The third-order valence-electron chi connectivity index (χ3n) is 8.94. The number of aliphatic hydroxyl groups excluding tert-OH is 2. The minimum absolute atomic E-state index is 0.0723. The van der Waals surface area contributed by atoms with Crippen LogP contribution in [0, 0.1) is 0 Å². The molecular weight excluding hydrogens is 542 g/mol. The summed E-state index contributed by atoms with van der Waals surface area (Å²) >= 11 is 0. The zero-order valence-electron chi connectivity index (χ0n) is 29.7. The molecular formula is C40H77NO3. The second-order valence-corrected chi connectivity index (χ2v) is 13.3. The first kappa shape index (κ1) is 42.9. The molecule has 3 N–H and O–H groups in total. The van der Waals surface area contributed by atoms with Crippen molar-refractivity contribution in [3.05, 3.63) is 24.3 Å². The Morgan fingerprint density at radius 2 is 0.886 bits per heavy atom. The number of carbonyl (C=O) groups is 1. The number of carbonyl (C=O) groups excluding carboxylic acids is 1. The average Bonchev–Trinajstić information content (AvgIpc) is 3.03. The van der Waals surface area contributed by atoms with Crippen molar-refractivity contribution in [1.29, 1.82) is 0 Å². The molecule has 0 aliphatic carbocycles. The molecule has 0 aliphatic rings. The van der Waals surface area contributed by atoms with Crippen LogP contribution in [0.25, 0.3) is 0 Å². The highest BCUT2D eigenvalue weighted by Gasteiger charge is 2.17. The Hall–Kier alpha value is -1.13. The zero-order chi connectivity index (χ0) is 32.2. The molecule has 0 heterocycles. The first-order valence-electron chi connectivity index (χ1n) is 19.6. The van der Waals surface area contributed by atoms with Gasteiger partial charge >= 0.3 is 0 Å². The smallest absolute Gasteiger partial charge is 0.220 e. The fourth-order valence-corrected chi connectivity index (χ4v) is 5.90. The summed E-state index contributed by atoms with van der Waals surface area (Å²) in [5.74, 6) is -0.0723. The van der Waals surface area contributed by atoms with Gasteiger partial charge in [-0.1, -0.05) is 192 Å². The van der Waals surface area contributed by atoms with Crippen LogP contribution in [0.1, 0.15) is 206 Å². The van der Waals surface area contributed by atoms with E-state index in [9.17, 15) is 15.0 Å². The molecule has 0 aliphatic heterocycles. The van der Waals surface area contributed by atoms with Crippen LogP contribution in [0.15, 0.2) is 24.3 Å². The Kier molecular flexibility index (Phi) is 35.4. The first-order valence-corrected chi connectivity index (χ1v) is 19.6. The Morgan fingerprint density at radius 1 is 0.523 bits per heavy atom. The van der Waals surface area contributed by atoms with Crippen LogP contribution in [0.5, 0.6) is 0 Å². The lowest BCUT2D eigenvalue weighted by molar-refractivity contribution is -0.123. The number of aliphatic hydroxyl groups is 2. The third kappa shape index (κ3) is 32.3. The Bertz CT molecular complexity index is 632. The number of hydrogen-bond acceptors (Lipinski definition) is 3. The van der Waals surface area contributed by atoms with Gasteiger partial charge in [0.25, 0.3) is 0 Å². The van der Waals surface area contributed by atoms with Crippen molar-refractivity contribution >= 4 is 5.91 Å². The number of unbranched alkanes of at least 4 members (excludes halogenated alkanes) is 26. The highest BCUT2D eigenvalue weighted by Crippen LogP contribution is 2.15. The summed E-state index contributed by atoms with van der Waals surface area (Å²) in [6, 6.07) is -0.633. The molecule has 260 valence electrons. The molecule has 0 aromatic rings. The maximum Gasteiger partial charge on any atom is 0.220 e. The van der Waals surface area contributed by atoms with E-state index in [0.717, 1.165) is 32.1 Å². The molecule has 4 heteroatoms. The zero-order valence-corrected chi connectivity index (χ0v) is 29.7. The number of amides is 1. The summed E-state index contributed by atoms with van der Waals surface area (Å²) in [6.07, 6.45) is 45.5. The molecule has 2 atom stereocenters. The van der Waals surface area contributed by atoms with Gasteiger partial charge in [0.05, 0.1) is 18.8 Å². The SMILES string of the molecule is CCCCCCCCCC/C=C/CC/C=C/C(O)C(CO)NC(=O)CCCCCCCCCCCCCCCCCCCC. The van der Waals surface area contributed by atoms with E-state index in [1.54, 1.807) is 6.08 Å². The number of rotatable bonds is 35. The normalized spacial score (nSPS) is 13.3. The molecule has 0 fully saturated rings. The Morgan fingerprint density at radius 3 is 1.32 bits per heavy atom. The first-order chi connectivity index (χ1) is 21.7. The second kappa shape index (κ2) is 36.3. The quantitative estimate of drug-likeness (QED) is 0.0488. The fraction of sp³-hybridized carbons (Fsp3) is 0.875. The van der Waals surface area contributed by atoms with E-state index in [1.165, 1.54) is 154 Å². The van der Waals surface area contributed by atoms with Crippen molar-refractivity contribution in [2.75, 3.05) is 6.61 Å². The number of allylic oxidation sites excluding steroid dienone is 3. The van der Waals surface area contributed by atoms with Crippen molar-refractivity contribution in [3.63, 3.8) is 0 Å². The van der Waals surface area contributed by atoms with Crippen molar-refractivity contribution in [1.82, 2.24) is 5.32 Å². The summed E-state index contributed by atoms with van der Waals surface area (Å²) < 4.78 is 0. The van der Waals surface area contributed by atoms with Gasteiger partial charge in [-0.3, -0.25) is 4.79 Å². The van der Waals surface area contributed by atoms with Crippen molar-refractivity contribution in [2.24, 2.45) is 0 Å². The van der Waals surface area contributed by atoms with Gasteiger partial charge in [0.1, 0.15) is 0 Å². The summed E-state index contributed by atoms with van der Waals surface area (Å²) in [6.45, 7) is 4.29. The molecule has 4 nitrogen and oxygen atoms in total. The highest BCUT2D eigenvalue weighted by atomic mass is 16.3. The largest absolute Gasteiger partial charge is 0.394 e. The standard InChI is InChI=1S/C40H77NO3/c1-3-5-7-9-11-13-15-17-19-20-21-22-24-26-28-30-32-34-36-40(44)41-38(37-42)39(43)35-33-31-29-27-25-23-18-16-14-12-10-8-6-4-2/h25,27,33,35,38-39,42-43H,3-24,26,28-32,34,36-37H2,1-2H3,(H,41,44)/b27-25+,35-33+. The third-order valence-corrected chi connectivity index (χ3v) is 8.94. The minimum Gasteiger partial charge on any atom is -0.394 e. The molecule has 0 bridgehead atoms. The van der Waals surface area contributed by atoms with E-state index in [-0.39, 0.29) is 12.5 Å². The van der Waals surface area contributed by atoms with Gasteiger partial charge in [0.15, 0.2) is 0 Å². The topological polar surface area (TPSA) is 69.6 Å². The van der Waals surface area contributed by atoms with E-state index in [2.05, 4.69) is 31.3 Å². The summed E-state index contributed by atoms with van der Waals surface area (Å²) in [5, 5.41) is 22.9. The van der Waals surface area contributed by atoms with Gasteiger partial charge in [0, 0.05) is 6.42 Å². The van der Waals surface area contributed by atoms with Crippen LogP contribution in [-0.2, 0) is 4.79 Å². The molecule has 2 unspecified atom stereocenters. The molecule has 1 amide bonds. The van der Waals surface area contributed by atoms with Gasteiger partial charge in [0.2, 0.25) is 5.91 Å². The second-order valence-electron chi connectivity index (χ2n) is 13.3. The van der Waals surface area contributed by atoms with E-state index >= 15 is 0 Å². The van der Waals surface area contributed by atoms with Crippen LogP contribution in [0.4, 0.5) is 0 Å². The lowest BCUT2D eigenvalue weighted by Crippen LogP contribution is -2.45. The van der Waals surface area contributed by atoms with E-state index < -0.39 is 12.1 Å². The van der Waals surface area contributed by atoms with Gasteiger partial charge < -0.3 is 15.5 Å². The van der Waals surface area contributed by atoms with Gasteiger partial charge in [-0.15, -0.1) is 0 Å². The number of hydrogen-bond donors (Lipinski definition) is 3. The highest BCUT2D eigenvalue weighted by molar-refractivity contribution is 5.76. The molecule has 44 heavy (non-hydrogen) atoms. The maximum absolute atomic E-state index is 12.3. The van der Waals surface area contributed by atoms with E-state index in [1.807, 2.05) is 6.08 Å². The summed E-state index contributed by atoms with van der Waals surface area (Å²) in [5.41, 5.74) is 0. The monoisotopic (exact) mass is 620 g/mol. The summed E-state index contributed by atoms with van der Waals surface area (Å²) in [7, 11) is 0. The summed E-state index contributed by atoms with van der Waals surface area (Å²) in [4.78, 5) is 12.3. The maximum atomic E-state index is 12.3. The van der Waals surface area contributed by atoms with Crippen molar-refractivity contribution in [3.8, 4) is 0 Å². The lowest BCUT2D eigenvalue weighted by Gasteiger charge is -2.19. The van der Waals surface area contributed by atoms with Crippen LogP contribution < -0.4 is 5.32 Å². The predicted octanol–water partition coefficient (Wildman–Crippen LogP) is 11.7. The van der Waals surface area contributed by atoms with E-state index in [0.29, 0.717) is 6.42 Å². The van der Waals surface area contributed by atoms with Crippen LogP contribution >= 0.6 is 0 Å². The molecule has 0 rings (SSSR count). The van der Waals surface area contributed by atoms with Crippen LogP contribution in [0.3, 0.4) is 0 Å². The van der Waals surface area contributed by atoms with Gasteiger partial charge in [-0.05, 0) is 32.1 Å². The lowest BCUT2D eigenvalue weighted by atomic mass is 10.0. The van der Waals surface area contributed by atoms with Gasteiger partial charge in [-0.2, -0.15) is 0 Å². The predicted molar refractivity (Wildman–Crippen MR) is 193 cm³/mol. The fourth-order valence-electron chi connectivity index (χ4n) is 5.90. The van der Waals surface area contributed by atoms with Crippen LogP contribution in [-0.4, -0.2) is 34.9 Å². The Balaban J connectivity index is 3.60.